The Kier molecular flexibility index (Phi) is 4.07. The molecule has 0 unspecified atom stereocenters. The standard InChI is InChI=1S/C13H14ClN3OS/c1-7-4-5-9(14)6-10(7)17-12(18)11-8(2)16-13(15-3)19-11/h4-6H,1-3H3,(H,15,16)(H,17,18). The molecule has 0 saturated heterocycles. The molecule has 1 heterocycles. The van der Waals surface area contributed by atoms with Gasteiger partial charge in [-0.2, -0.15) is 0 Å². The number of carbonyl (C=O) groups is 1. The SMILES string of the molecule is CNc1nc(C)c(C(=O)Nc2cc(Cl)ccc2C)s1. The minimum absolute atomic E-state index is 0.165. The molecule has 0 aliphatic rings. The zero-order valence-corrected chi connectivity index (χ0v) is 12.4. The van der Waals surface area contributed by atoms with E-state index in [1.807, 2.05) is 19.9 Å². The van der Waals surface area contributed by atoms with Crippen molar-refractivity contribution in [3.05, 3.63) is 39.4 Å². The Balaban J connectivity index is 2.25. The molecule has 6 heteroatoms. The molecule has 0 aliphatic carbocycles. The van der Waals surface area contributed by atoms with Crippen molar-refractivity contribution < 1.29 is 4.79 Å². The number of rotatable bonds is 3. The average molecular weight is 296 g/mol. The molecule has 0 saturated carbocycles. The van der Waals surface area contributed by atoms with Crippen LogP contribution < -0.4 is 10.6 Å². The van der Waals surface area contributed by atoms with Crippen LogP contribution in [0.2, 0.25) is 5.02 Å². The van der Waals surface area contributed by atoms with Gasteiger partial charge < -0.3 is 10.6 Å². The number of anilines is 2. The van der Waals surface area contributed by atoms with Gasteiger partial charge in [-0.1, -0.05) is 29.0 Å². The Bertz CT molecular complexity index is 624. The zero-order chi connectivity index (χ0) is 14.0. The minimum atomic E-state index is -0.165. The summed E-state index contributed by atoms with van der Waals surface area (Å²) in [4.78, 5) is 17.1. The van der Waals surface area contributed by atoms with Crippen molar-refractivity contribution in [2.45, 2.75) is 13.8 Å². The van der Waals surface area contributed by atoms with Crippen molar-refractivity contribution in [3.8, 4) is 0 Å². The normalized spacial score (nSPS) is 10.3. The molecule has 4 nitrogen and oxygen atoms in total. The van der Waals surface area contributed by atoms with Crippen LogP contribution in [0.3, 0.4) is 0 Å². The molecule has 0 radical (unpaired) electrons. The Morgan fingerprint density at radius 2 is 2.11 bits per heavy atom. The number of hydrogen-bond donors (Lipinski definition) is 2. The fourth-order valence-electron chi connectivity index (χ4n) is 1.62. The van der Waals surface area contributed by atoms with Gasteiger partial charge in [-0.05, 0) is 31.5 Å². The Labute approximate surface area is 120 Å². The van der Waals surface area contributed by atoms with Crippen LogP contribution in [0.4, 0.5) is 10.8 Å². The van der Waals surface area contributed by atoms with Crippen LogP contribution in [0.25, 0.3) is 0 Å². The van der Waals surface area contributed by atoms with Crippen LogP contribution in [0.15, 0.2) is 18.2 Å². The van der Waals surface area contributed by atoms with Crippen molar-refractivity contribution in [1.29, 1.82) is 0 Å². The van der Waals surface area contributed by atoms with Crippen LogP contribution in [0.1, 0.15) is 20.9 Å². The summed E-state index contributed by atoms with van der Waals surface area (Å²) in [5, 5.41) is 7.12. The summed E-state index contributed by atoms with van der Waals surface area (Å²) in [6, 6.07) is 5.41. The zero-order valence-electron chi connectivity index (χ0n) is 10.9. The number of thiazole rings is 1. The number of nitrogens with zero attached hydrogens (tertiary/aromatic N) is 1. The lowest BCUT2D eigenvalue weighted by Gasteiger charge is -2.07. The minimum Gasteiger partial charge on any atom is -0.365 e. The second-order valence-electron chi connectivity index (χ2n) is 4.10. The highest BCUT2D eigenvalue weighted by molar-refractivity contribution is 7.17. The van der Waals surface area contributed by atoms with E-state index in [-0.39, 0.29) is 5.91 Å². The molecule has 2 rings (SSSR count). The second-order valence-corrected chi connectivity index (χ2v) is 5.53. The number of carbonyl (C=O) groups excluding carboxylic acids is 1. The van der Waals surface area contributed by atoms with E-state index in [4.69, 9.17) is 11.6 Å². The van der Waals surface area contributed by atoms with Gasteiger partial charge in [-0.3, -0.25) is 4.79 Å². The molecule has 19 heavy (non-hydrogen) atoms. The summed E-state index contributed by atoms with van der Waals surface area (Å²) in [6.45, 7) is 3.74. The van der Waals surface area contributed by atoms with E-state index in [1.54, 1.807) is 19.2 Å². The number of amides is 1. The number of aromatic nitrogens is 1. The van der Waals surface area contributed by atoms with Crippen molar-refractivity contribution >= 4 is 39.7 Å². The van der Waals surface area contributed by atoms with Crippen LogP contribution in [-0.2, 0) is 0 Å². The van der Waals surface area contributed by atoms with E-state index in [9.17, 15) is 4.79 Å². The molecule has 1 aromatic carbocycles. The molecular formula is C13H14ClN3OS. The highest BCUT2D eigenvalue weighted by Crippen LogP contribution is 2.25. The van der Waals surface area contributed by atoms with Crippen LogP contribution in [0.5, 0.6) is 0 Å². The molecule has 100 valence electrons. The van der Waals surface area contributed by atoms with Gasteiger partial charge in [0, 0.05) is 17.8 Å². The lowest BCUT2D eigenvalue weighted by atomic mass is 10.2. The summed E-state index contributed by atoms with van der Waals surface area (Å²) < 4.78 is 0. The molecule has 0 aliphatic heterocycles. The molecule has 0 atom stereocenters. The first-order valence-corrected chi connectivity index (χ1v) is 6.93. The molecule has 0 spiro atoms. The Morgan fingerprint density at radius 1 is 1.37 bits per heavy atom. The number of benzene rings is 1. The molecule has 2 N–H and O–H groups in total. The van der Waals surface area contributed by atoms with Gasteiger partial charge in [0.05, 0.1) is 5.69 Å². The maximum atomic E-state index is 12.2. The van der Waals surface area contributed by atoms with E-state index in [1.165, 1.54) is 11.3 Å². The predicted molar refractivity (Wildman–Crippen MR) is 80.5 cm³/mol. The van der Waals surface area contributed by atoms with Gasteiger partial charge in [-0.25, -0.2) is 4.98 Å². The maximum absolute atomic E-state index is 12.2. The quantitative estimate of drug-likeness (QED) is 0.907. The average Bonchev–Trinajstić information content (AvgIpc) is 2.75. The molecular weight excluding hydrogens is 282 g/mol. The molecule has 1 amide bonds. The van der Waals surface area contributed by atoms with Crippen LogP contribution in [0, 0.1) is 13.8 Å². The first-order chi connectivity index (χ1) is 9.01. The van der Waals surface area contributed by atoms with Gasteiger partial charge in [0.1, 0.15) is 4.88 Å². The van der Waals surface area contributed by atoms with E-state index in [2.05, 4.69) is 15.6 Å². The number of hydrogen-bond acceptors (Lipinski definition) is 4. The maximum Gasteiger partial charge on any atom is 0.267 e. The fourth-order valence-corrected chi connectivity index (χ4v) is 2.61. The predicted octanol–water partition coefficient (Wildman–Crippen LogP) is 3.71. The van der Waals surface area contributed by atoms with Gasteiger partial charge in [0.2, 0.25) is 0 Å². The van der Waals surface area contributed by atoms with Crippen molar-refractivity contribution in [2.75, 3.05) is 17.7 Å². The van der Waals surface area contributed by atoms with Crippen molar-refractivity contribution in [1.82, 2.24) is 4.98 Å². The smallest absolute Gasteiger partial charge is 0.267 e. The molecule has 1 aromatic heterocycles. The van der Waals surface area contributed by atoms with E-state index in [0.717, 1.165) is 16.4 Å². The van der Waals surface area contributed by atoms with E-state index < -0.39 is 0 Å². The van der Waals surface area contributed by atoms with Gasteiger partial charge in [-0.15, -0.1) is 0 Å². The summed E-state index contributed by atoms with van der Waals surface area (Å²) in [7, 11) is 1.78. The van der Waals surface area contributed by atoms with Gasteiger partial charge in [0.25, 0.3) is 5.91 Å². The summed E-state index contributed by atoms with van der Waals surface area (Å²) >= 11 is 7.26. The highest BCUT2D eigenvalue weighted by atomic mass is 35.5. The number of nitrogens with one attached hydrogen (secondary N) is 2. The third-order valence-corrected chi connectivity index (χ3v) is 4.07. The van der Waals surface area contributed by atoms with Gasteiger partial charge >= 0.3 is 0 Å². The largest absolute Gasteiger partial charge is 0.365 e. The van der Waals surface area contributed by atoms with Crippen LogP contribution in [-0.4, -0.2) is 17.9 Å². The first-order valence-electron chi connectivity index (χ1n) is 5.74. The highest BCUT2D eigenvalue weighted by Gasteiger charge is 2.15. The van der Waals surface area contributed by atoms with Gasteiger partial charge in [0.15, 0.2) is 5.13 Å². The molecule has 2 aromatic rings. The van der Waals surface area contributed by atoms with E-state index in [0.29, 0.717) is 15.6 Å². The summed E-state index contributed by atoms with van der Waals surface area (Å²) in [6.07, 6.45) is 0. The second kappa shape index (κ2) is 5.59. The third kappa shape index (κ3) is 3.05. The lowest BCUT2D eigenvalue weighted by Crippen LogP contribution is -2.12. The topological polar surface area (TPSA) is 54.0 Å². The van der Waals surface area contributed by atoms with Crippen molar-refractivity contribution in [3.63, 3.8) is 0 Å². The Hall–Kier alpha value is -1.59. The number of aryl methyl sites for hydroxylation is 2. The molecule has 0 bridgehead atoms. The third-order valence-electron chi connectivity index (χ3n) is 2.66. The van der Waals surface area contributed by atoms with E-state index >= 15 is 0 Å². The number of halogens is 1. The summed E-state index contributed by atoms with van der Waals surface area (Å²) in [5.74, 6) is -0.165. The Morgan fingerprint density at radius 3 is 2.74 bits per heavy atom. The lowest BCUT2D eigenvalue weighted by molar-refractivity contribution is 0.102. The monoisotopic (exact) mass is 295 g/mol. The first kappa shape index (κ1) is 13.8. The van der Waals surface area contributed by atoms with Crippen molar-refractivity contribution in [2.24, 2.45) is 0 Å². The fraction of sp³-hybridized carbons (Fsp3) is 0.231. The van der Waals surface area contributed by atoms with Crippen LogP contribution >= 0.6 is 22.9 Å². The summed E-state index contributed by atoms with van der Waals surface area (Å²) in [5.41, 5.74) is 2.40. The molecule has 0 fully saturated rings.